The van der Waals surface area contributed by atoms with Crippen LogP contribution in [0, 0.1) is 17.0 Å². The molecular weight excluding hydrogens is 324 g/mol. The molecule has 0 spiro atoms. The largest absolute Gasteiger partial charge is 0.490 e. The molecular formula is C18H22N2O5. The van der Waals surface area contributed by atoms with E-state index in [1.54, 1.807) is 6.08 Å². The number of aromatic nitrogens is 1. The van der Waals surface area contributed by atoms with Crippen molar-refractivity contribution in [2.45, 2.75) is 33.6 Å². The van der Waals surface area contributed by atoms with E-state index in [9.17, 15) is 10.1 Å². The second-order valence-electron chi connectivity index (χ2n) is 5.41. The van der Waals surface area contributed by atoms with Crippen LogP contribution in [0.3, 0.4) is 0 Å². The van der Waals surface area contributed by atoms with Gasteiger partial charge in [0.05, 0.1) is 18.1 Å². The molecule has 0 saturated heterocycles. The highest BCUT2D eigenvalue weighted by atomic mass is 16.6. The number of unbranched alkanes of at least 4 members (excludes halogenated alkanes) is 1. The predicted molar refractivity (Wildman–Crippen MR) is 94.8 cm³/mol. The van der Waals surface area contributed by atoms with Crippen molar-refractivity contribution in [3.05, 3.63) is 45.3 Å². The number of hydrogen-bond donors (Lipinski definition) is 0. The maximum absolute atomic E-state index is 11.1. The second kappa shape index (κ2) is 8.86. The van der Waals surface area contributed by atoms with Crippen molar-refractivity contribution in [3.63, 3.8) is 0 Å². The Bertz CT molecular complexity index is 752. The standard InChI is InChI=1S/C18H22N2O5/c1-4-6-11-24-15-9-7-14(12-17(15)23-5-2)8-10-16-18(20(21)22)13(3)19-25-16/h7-10,12H,4-6,11H2,1-3H3/b10-8+. The summed E-state index contributed by atoms with van der Waals surface area (Å²) in [6, 6.07) is 5.52. The quantitative estimate of drug-likeness (QED) is 0.373. The fourth-order valence-electron chi connectivity index (χ4n) is 2.23. The van der Waals surface area contributed by atoms with E-state index >= 15 is 0 Å². The van der Waals surface area contributed by atoms with E-state index < -0.39 is 4.92 Å². The fraction of sp³-hybridized carbons (Fsp3) is 0.389. The molecule has 0 aliphatic rings. The van der Waals surface area contributed by atoms with Gasteiger partial charge in [-0.1, -0.05) is 30.6 Å². The van der Waals surface area contributed by atoms with Gasteiger partial charge in [-0.2, -0.15) is 0 Å². The lowest BCUT2D eigenvalue weighted by Gasteiger charge is -2.12. The summed E-state index contributed by atoms with van der Waals surface area (Å²) in [5.41, 5.74) is 0.940. The Morgan fingerprint density at radius 3 is 2.72 bits per heavy atom. The molecule has 0 fully saturated rings. The van der Waals surface area contributed by atoms with Crippen LogP contribution in [0.2, 0.25) is 0 Å². The third-order valence-electron chi connectivity index (χ3n) is 3.49. The number of aryl methyl sites for hydroxylation is 1. The Labute approximate surface area is 146 Å². The topological polar surface area (TPSA) is 87.6 Å². The number of hydrogen-bond acceptors (Lipinski definition) is 6. The molecule has 0 amide bonds. The van der Waals surface area contributed by atoms with Crippen molar-refractivity contribution in [1.29, 1.82) is 0 Å². The minimum Gasteiger partial charge on any atom is -0.490 e. The fourth-order valence-corrected chi connectivity index (χ4v) is 2.23. The first kappa shape index (κ1) is 18.5. The molecule has 0 unspecified atom stereocenters. The van der Waals surface area contributed by atoms with Gasteiger partial charge in [-0.15, -0.1) is 0 Å². The highest BCUT2D eigenvalue weighted by Gasteiger charge is 2.21. The average Bonchev–Trinajstić information content (AvgIpc) is 2.96. The van der Waals surface area contributed by atoms with Gasteiger partial charge < -0.3 is 14.0 Å². The summed E-state index contributed by atoms with van der Waals surface area (Å²) < 4.78 is 16.4. The first-order valence-corrected chi connectivity index (χ1v) is 8.25. The molecule has 0 aliphatic heterocycles. The second-order valence-corrected chi connectivity index (χ2v) is 5.41. The summed E-state index contributed by atoms with van der Waals surface area (Å²) in [7, 11) is 0. The minimum absolute atomic E-state index is 0.115. The van der Waals surface area contributed by atoms with Crippen molar-refractivity contribution in [3.8, 4) is 11.5 Å². The Morgan fingerprint density at radius 2 is 2.04 bits per heavy atom. The molecule has 25 heavy (non-hydrogen) atoms. The van der Waals surface area contributed by atoms with Crippen LogP contribution in [0.5, 0.6) is 11.5 Å². The predicted octanol–water partition coefficient (Wildman–Crippen LogP) is 4.64. The highest BCUT2D eigenvalue weighted by molar-refractivity contribution is 5.72. The lowest BCUT2D eigenvalue weighted by molar-refractivity contribution is -0.386. The van der Waals surface area contributed by atoms with E-state index in [-0.39, 0.29) is 17.1 Å². The van der Waals surface area contributed by atoms with Crippen LogP contribution in [0.4, 0.5) is 5.69 Å². The van der Waals surface area contributed by atoms with Crippen LogP contribution < -0.4 is 9.47 Å². The molecule has 1 aromatic carbocycles. The maximum Gasteiger partial charge on any atom is 0.338 e. The van der Waals surface area contributed by atoms with Gasteiger partial charge in [-0.3, -0.25) is 10.1 Å². The molecule has 1 aromatic heterocycles. The van der Waals surface area contributed by atoms with Crippen LogP contribution in [-0.4, -0.2) is 23.3 Å². The van der Waals surface area contributed by atoms with Gasteiger partial charge in [0, 0.05) is 0 Å². The Kier molecular flexibility index (Phi) is 6.56. The zero-order chi connectivity index (χ0) is 18.2. The van der Waals surface area contributed by atoms with Crippen molar-refractivity contribution >= 4 is 17.8 Å². The molecule has 2 aromatic rings. The van der Waals surface area contributed by atoms with Crippen molar-refractivity contribution in [1.82, 2.24) is 5.16 Å². The first-order valence-electron chi connectivity index (χ1n) is 8.25. The monoisotopic (exact) mass is 346 g/mol. The van der Waals surface area contributed by atoms with Crippen LogP contribution in [-0.2, 0) is 0 Å². The minimum atomic E-state index is -0.498. The molecule has 7 nitrogen and oxygen atoms in total. The number of rotatable bonds is 9. The van der Waals surface area contributed by atoms with E-state index in [0.29, 0.717) is 24.7 Å². The third kappa shape index (κ3) is 4.82. The molecule has 7 heteroatoms. The van der Waals surface area contributed by atoms with Crippen LogP contribution in [0.25, 0.3) is 12.2 Å². The van der Waals surface area contributed by atoms with E-state index in [4.69, 9.17) is 14.0 Å². The van der Waals surface area contributed by atoms with E-state index in [1.165, 1.54) is 13.0 Å². The maximum atomic E-state index is 11.1. The van der Waals surface area contributed by atoms with Gasteiger partial charge in [0.2, 0.25) is 5.76 Å². The van der Waals surface area contributed by atoms with Gasteiger partial charge in [0.15, 0.2) is 17.2 Å². The summed E-state index contributed by atoms with van der Waals surface area (Å²) in [5, 5.41) is 14.7. The molecule has 0 atom stereocenters. The summed E-state index contributed by atoms with van der Waals surface area (Å²) >= 11 is 0. The third-order valence-corrected chi connectivity index (χ3v) is 3.49. The molecule has 0 saturated carbocycles. The summed E-state index contributed by atoms with van der Waals surface area (Å²) in [4.78, 5) is 10.6. The molecule has 0 N–H and O–H groups in total. The van der Waals surface area contributed by atoms with Crippen LogP contribution in [0.15, 0.2) is 22.7 Å². The molecule has 1 heterocycles. The van der Waals surface area contributed by atoms with Gasteiger partial charge in [0.1, 0.15) is 0 Å². The zero-order valence-electron chi connectivity index (χ0n) is 14.7. The molecule has 0 bridgehead atoms. The highest BCUT2D eigenvalue weighted by Crippen LogP contribution is 2.30. The Hall–Kier alpha value is -2.83. The number of ether oxygens (including phenoxy) is 2. The van der Waals surface area contributed by atoms with Crippen LogP contribution >= 0.6 is 0 Å². The Balaban J connectivity index is 2.22. The van der Waals surface area contributed by atoms with Gasteiger partial charge in [-0.25, -0.2) is 0 Å². The van der Waals surface area contributed by atoms with Gasteiger partial charge >= 0.3 is 5.69 Å². The van der Waals surface area contributed by atoms with Crippen molar-refractivity contribution in [2.24, 2.45) is 0 Å². The number of benzene rings is 1. The smallest absolute Gasteiger partial charge is 0.338 e. The van der Waals surface area contributed by atoms with Gasteiger partial charge in [-0.05, 0) is 44.0 Å². The molecule has 0 radical (unpaired) electrons. The summed E-state index contributed by atoms with van der Waals surface area (Å²) in [5.74, 6) is 1.45. The normalized spacial score (nSPS) is 11.0. The summed E-state index contributed by atoms with van der Waals surface area (Å²) in [6.45, 7) is 6.69. The lowest BCUT2D eigenvalue weighted by Crippen LogP contribution is -2.00. The zero-order valence-corrected chi connectivity index (χ0v) is 14.7. The summed E-state index contributed by atoms with van der Waals surface area (Å²) in [6.07, 6.45) is 5.27. The van der Waals surface area contributed by atoms with Crippen LogP contribution in [0.1, 0.15) is 43.7 Å². The SMILES string of the molecule is CCCCOc1ccc(/C=C/c2onc(C)c2[N+](=O)[O-])cc1OCC. The molecule has 0 aliphatic carbocycles. The first-order chi connectivity index (χ1) is 12.1. The number of nitrogens with zero attached hydrogens (tertiary/aromatic N) is 2. The molecule has 134 valence electrons. The van der Waals surface area contributed by atoms with E-state index in [1.807, 2.05) is 25.1 Å². The van der Waals surface area contributed by atoms with Crippen molar-refractivity contribution in [2.75, 3.05) is 13.2 Å². The Morgan fingerprint density at radius 1 is 1.24 bits per heavy atom. The van der Waals surface area contributed by atoms with E-state index in [0.717, 1.165) is 18.4 Å². The van der Waals surface area contributed by atoms with Gasteiger partial charge in [0.25, 0.3) is 0 Å². The van der Waals surface area contributed by atoms with Crippen molar-refractivity contribution < 1.29 is 18.9 Å². The lowest BCUT2D eigenvalue weighted by atomic mass is 10.1. The average molecular weight is 346 g/mol. The molecule has 2 rings (SSSR count). The van der Waals surface area contributed by atoms with E-state index in [2.05, 4.69) is 12.1 Å². The number of nitro groups is 1.